The van der Waals surface area contributed by atoms with Crippen LogP contribution in [0.5, 0.6) is 0 Å². The first-order chi connectivity index (χ1) is 5.70. The van der Waals surface area contributed by atoms with Crippen molar-refractivity contribution in [3.8, 4) is 0 Å². The number of aromatic nitrogens is 1. The fourth-order valence-electron chi connectivity index (χ4n) is 1.65. The van der Waals surface area contributed by atoms with Crippen molar-refractivity contribution in [2.75, 3.05) is 0 Å². The fourth-order valence-corrected chi connectivity index (χ4v) is 1.65. The minimum absolute atomic E-state index is 0.140. The summed E-state index contributed by atoms with van der Waals surface area (Å²) in [6.45, 7) is 0. The Morgan fingerprint density at radius 2 is 2.50 bits per heavy atom. The van der Waals surface area contributed by atoms with Gasteiger partial charge in [-0.3, -0.25) is 4.79 Å². The summed E-state index contributed by atoms with van der Waals surface area (Å²) in [7, 11) is 1.95. The van der Waals surface area contributed by atoms with E-state index in [1.54, 1.807) is 0 Å². The molecule has 2 atom stereocenters. The molecule has 0 spiro atoms. The van der Waals surface area contributed by atoms with Gasteiger partial charge in [-0.15, -0.1) is 0 Å². The molecule has 1 heterocycles. The van der Waals surface area contributed by atoms with Gasteiger partial charge in [-0.2, -0.15) is 0 Å². The number of aryl methyl sites for hydroxylation is 1. The topological polar surface area (TPSA) is 42.2 Å². The molecule has 1 aliphatic carbocycles. The molecule has 64 valence electrons. The van der Waals surface area contributed by atoms with Gasteiger partial charge in [0, 0.05) is 24.9 Å². The smallest absolute Gasteiger partial charge is 0.307 e. The molecule has 1 saturated carbocycles. The van der Waals surface area contributed by atoms with Crippen LogP contribution in [0.4, 0.5) is 0 Å². The van der Waals surface area contributed by atoms with E-state index in [-0.39, 0.29) is 11.8 Å². The molecule has 1 fully saturated rings. The first kappa shape index (κ1) is 7.40. The third-order valence-electron chi connectivity index (χ3n) is 2.47. The molecule has 0 amide bonds. The zero-order valence-corrected chi connectivity index (χ0v) is 6.90. The van der Waals surface area contributed by atoms with Gasteiger partial charge in [0.15, 0.2) is 0 Å². The van der Waals surface area contributed by atoms with Crippen LogP contribution < -0.4 is 0 Å². The number of hydrogen-bond acceptors (Lipinski definition) is 1. The lowest BCUT2D eigenvalue weighted by atomic mass is 10.2. The van der Waals surface area contributed by atoms with E-state index in [9.17, 15) is 4.79 Å². The summed E-state index contributed by atoms with van der Waals surface area (Å²) in [4.78, 5) is 10.6. The highest BCUT2D eigenvalue weighted by Gasteiger charge is 2.45. The molecular formula is C9H11NO2. The van der Waals surface area contributed by atoms with E-state index in [4.69, 9.17) is 5.11 Å². The molecule has 0 unspecified atom stereocenters. The second kappa shape index (κ2) is 2.37. The van der Waals surface area contributed by atoms with Crippen LogP contribution in [0, 0.1) is 5.92 Å². The van der Waals surface area contributed by atoms with Crippen molar-refractivity contribution in [3.63, 3.8) is 0 Å². The zero-order chi connectivity index (χ0) is 8.72. The first-order valence-corrected chi connectivity index (χ1v) is 4.04. The SMILES string of the molecule is Cn1cccc1[C@@H]1C[C@@H]1C(=O)O. The third kappa shape index (κ3) is 1.02. The lowest BCUT2D eigenvalue weighted by Crippen LogP contribution is -2.01. The fraction of sp³-hybridized carbons (Fsp3) is 0.444. The van der Waals surface area contributed by atoms with Gasteiger partial charge in [0.25, 0.3) is 0 Å². The molecule has 0 aliphatic heterocycles. The van der Waals surface area contributed by atoms with E-state index in [1.165, 1.54) is 0 Å². The summed E-state index contributed by atoms with van der Waals surface area (Å²) < 4.78 is 1.99. The number of aliphatic carboxylic acids is 1. The Morgan fingerprint density at radius 3 is 2.92 bits per heavy atom. The predicted octanol–water partition coefficient (Wildman–Crippen LogP) is 1.21. The van der Waals surface area contributed by atoms with Crippen LogP contribution in [0.25, 0.3) is 0 Å². The van der Waals surface area contributed by atoms with Gasteiger partial charge in [0.2, 0.25) is 0 Å². The third-order valence-corrected chi connectivity index (χ3v) is 2.47. The van der Waals surface area contributed by atoms with Crippen molar-refractivity contribution in [3.05, 3.63) is 24.0 Å². The molecule has 3 heteroatoms. The van der Waals surface area contributed by atoms with Crippen molar-refractivity contribution in [1.29, 1.82) is 0 Å². The van der Waals surface area contributed by atoms with Gasteiger partial charge in [-0.05, 0) is 18.6 Å². The molecule has 12 heavy (non-hydrogen) atoms. The average molecular weight is 165 g/mol. The van der Waals surface area contributed by atoms with Gasteiger partial charge in [0.05, 0.1) is 5.92 Å². The molecule has 1 aromatic rings. The predicted molar refractivity (Wildman–Crippen MR) is 43.9 cm³/mol. The molecule has 1 aromatic heterocycles. The molecular weight excluding hydrogens is 154 g/mol. The van der Waals surface area contributed by atoms with Crippen LogP contribution >= 0.6 is 0 Å². The normalized spacial score (nSPS) is 27.1. The van der Waals surface area contributed by atoms with Crippen LogP contribution in [0.15, 0.2) is 18.3 Å². The van der Waals surface area contributed by atoms with E-state index in [2.05, 4.69) is 0 Å². The van der Waals surface area contributed by atoms with Crippen LogP contribution in [0.1, 0.15) is 18.0 Å². The Kier molecular flexibility index (Phi) is 1.46. The summed E-state index contributed by atoms with van der Waals surface area (Å²) in [5, 5.41) is 8.70. The summed E-state index contributed by atoms with van der Waals surface area (Å²) in [6.07, 6.45) is 2.75. The van der Waals surface area contributed by atoms with Crippen LogP contribution in [0.3, 0.4) is 0 Å². The Bertz CT molecular complexity index is 316. The maximum absolute atomic E-state index is 10.6. The Balaban J connectivity index is 2.15. The average Bonchev–Trinajstić information content (AvgIpc) is 2.70. The first-order valence-electron chi connectivity index (χ1n) is 4.04. The lowest BCUT2D eigenvalue weighted by molar-refractivity contribution is -0.138. The molecule has 3 nitrogen and oxygen atoms in total. The molecule has 0 radical (unpaired) electrons. The standard InChI is InChI=1S/C9H11NO2/c1-10-4-2-3-8(10)6-5-7(6)9(11)12/h2-4,6-7H,5H2,1H3,(H,11,12)/t6-,7+/m1/s1. The second-order valence-corrected chi connectivity index (χ2v) is 3.33. The Hall–Kier alpha value is -1.25. The molecule has 0 bridgehead atoms. The molecule has 1 N–H and O–H groups in total. The molecule has 0 saturated heterocycles. The molecule has 0 aromatic carbocycles. The largest absolute Gasteiger partial charge is 0.481 e. The minimum Gasteiger partial charge on any atom is -0.481 e. The second-order valence-electron chi connectivity index (χ2n) is 3.33. The Morgan fingerprint density at radius 1 is 1.75 bits per heavy atom. The van der Waals surface area contributed by atoms with Crippen LogP contribution in [-0.4, -0.2) is 15.6 Å². The van der Waals surface area contributed by atoms with Gasteiger partial charge in [-0.25, -0.2) is 0 Å². The highest BCUT2D eigenvalue weighted by molar-refractivity contribution is 5.75. The number of nitrogens with zero attached hydrogens (tertiary/aromatic N) is 1. The Labute approximate surface area is 70.6 Å². The number of hydrogen-bond donors (Lipinski definition) is 1. The monoisotopic (exact) mass is 165 g/mol. The van der Waals surface area contributed by atoms with E-state index in [0.29, 0.717) is 0 Å². The van der Waals surface area contributed by atoms with Crippen LogP contribution in [-0.2, 0) is 11.8 Å². The highest BCUT2D eigenvalue weighted by Crippen LogP contribution is 2.47. The lowest BCUT2D eigenvalue weighted by Gasteiger charge is -1.99. The summed E-state index contributed by atoms with van der Waals surface area (Å²) in [5.41, 5.74) is 1.14. The van der Waals surface area contributed by atoms with E-state index in [0.717, 1.165) is 12.1 Å². The van der Waals surface area contributed by atoms with Crippen molar-refractivity contribution in [2.24, 2.45) is 13.0 Å². The van der Waals surface area contributed by atoms with Gasteiger partial charge in [0.1, 0.15) is 0 Å². The van der Waals surface area contributed by atoms with E-state index < -0.39 is 5.97 Å². The summed E-state index contributed by atoms with van der Waals surface area (Å²) in [6, 6.07) is 3.94. The summed E-state index contributed by atoms with van der Waals surface area (Å²) >= 11 is 0. The molecule has 2 rings (SSSR count). The van der Waals surface area contributed by atoms with Crippen molar-refractivity contribution < 1.29 is 9.90 Å². The van der Waals surface area contributed by atoms with Gasteiger partial charge >= 0.3 is 5.97 Å². The number of carboxylic acid groups (broad SMARTS) is 1. The molecule has 1 aliphatic rings. The van der Waals surface area contributed by atoms with Gasteiger partial charge in [-0.1, -0.05) is 0 Å². The number of carbonyl (C=O) groups is 1. The van der Waals surface area contributed by atoms with Crippen molar-refractivity contribution >= 4 is 5.97 Å². The number of carboxylic acids is 1. The highest BCUT2D eigenvalue weighted by atomic mass is 16.4. The maximum Gasteiger partial charge on any atom is 0.307 e. The van der Waals surface area contributed by atoms with E-state index in [1.807, 2.05) is 29.9 Å². The zero-order valence-electron chi connectivity index (χ0n) is 6.90. The van der Waals surface area contributed by atoms with Crippen LogP contribution in [0.2, 0.25) is 0 Å². The minimum atomic E-state index is -0.666. The maximum atomic E-state index is 10.6. The van der Waals surface area contributed by atoms with Gasteiger partial charge < -0.3 is 9.67 Å². The quantitative estimate of drug-likeness (QED) is 0.715. The van der Waals surface area contributed by atoms with E-state index >= 15 is 0 Å². The number of rotatable bonds is 2. The van der Waals surface area contributed by atoms with Crippen molar-refractivity contribution in [1.82, 2.24) is 4.57 Å². The summed E-state index contributed by atoms with van der Waals surface area (Å²) in [5.74, 6) is -0.553. The van der Waals surface area contributed by atoms with Crippen molar-refractivity contribution in [2.45, 2.75) is 12.3 Å².